The molecule has 0 atom stereocenters. The molecule has 2 heterocycles. The lowest BCUT2D eigenvalue weighted by Gasteiger charge is -2.10. The van der Waals surface area contributed by atoms with Crippen molar-refractivity contribution in [2.24, 2.45) is 0 Å². The molecule has 138 valence electrons. The van der Waals surface area contributed by atoms with Gasteiger partial charge in [-0.15, -0.1) is 0 Å². The Morgan fingerprint density at radius 1 is 0.893 bits per heavy atom. The minimum atomic E-state index is -0.316. The maximum atomic E-state index is 12.7. The SMILES string of the molecule is Cc1ccc(Nc2nccc(C(=O)Nc3cccc4cccnc34)n2)cc1C. The number of benzene rings is 2. The second-order valence-corrected chi connectivity index (χ2v) is 6.52. The first kappa shape index (κ1) is 17.6. The number of pyridine rings is 1. The standard InChI is InChI=1S/C22H19N5O/c1-14-8-9-17(13-15(14)2)25-22-24-12-10-19(27-22)21(28)26-18-7-3-5-16-6-4-11-23-20(16)18/h3-13H,1-2H3,(H,26,28)(H,24,25,27). The lowest BCUT2D eigenvalue weighted by molar-refractivity contribution is 0.102. The van der Waals surface area contributed by atoms with Gasteiger partial charge < -0.3 is 10.6 Å². The fraction of sp³-hybridized carbons (Fsp3) is 0.0909. The van der Waals surface area contributed by atoms with Crippen LogP contribution in [0, 0.1) is 13.8 Å². The number of nitrogens with one attached hydrogen (secondary N) is 2. The van der Waals surface area contributed by atoms with E-state index in [1.165, 1.54) is 11.1 Å². The molecule has 4 rings (SSSR count). The minimum Gasteiger partial charge on any atom is -0.324 e. The second-order valence-electron chi connectivity index (χ2n) is 6.52. The van der Waals surface area contributed by atoms with Gasteiger partial charge in [-0.05, 0) is 55.3 Å². The summed E-state index contributed by atoms with van der Waals surface area (Å²) < 4.78 is 0. The molecule has 2 aromatic heterocycles. The van der Waals surface area contributed by atoms with Crippen molar-refractivity contribution in [3.8, 4) is 0 Å². The van der Waals surface area contributed by atoms with E-state index in [4.69, 9.17) is 0 Å². The van der Waals surface area contributed by atoms with Gasteiger partial charge in [0.1, 0.15) is 5.69 Å². The summed E-state index contributed by atoms with van der Waals surface area (Å²) in [7, 11) is 0. The van der Waals surface area contributed by atoms with E-state index >= 15 is 0 Å². The Balaban J connectivity index is 1.56. The molecule has 0 aliphatic rings. The van der Waals surface area contributed by atoms with Crippen molar-refractivity contribution in [1.82, 2.24) is 15.0 Å². The Hall–Kier alpha value is -3.80. The van der Waals surface area contributed by atoms with Crippen molar-refractivity contribution < 1.29 is 4.79 Å². The summed E-state index contributed by atoms with van der Waals surface area (Å²) in [5, 5.41) is 6.99. The summed E-state index contributed by atoms with van der Waals surface area (Å²) in [6.45, 7) is 4.10. The van der Waals surface area contributed by atoms with Gasteiger partial charge in [0.25, 0.3) is 5.91 Å². The first-order valence-corrected chi connectivity index (χ1v) is 8.92. The van der Waals surface area contributed by atoms with E-state index in [2.05, 4.69) is 32.5 Å². The van der Waals surface area contributed by atoms with Gasteiger partial charge >= 0.3 is 0 Å². The molecule has 0 unspecified atom stereocenters. The number of carbonyl (C=O) groups excluding carboxylic acids is 1. The van der Waals surface area contributed by atoms with Gasteiger partial charge in [0.2, 0.25) is 5.95 Å². The van der Waals surface area contributed by atoms with Crippen molar-refractivity contribution in [3.05, 3.63) is 83.8 Å². The fourth-order valence-corrected chi connectivity index (χ4v) is 2.89. The molecule has 0 saturated carbocycles. The number of aryl methyl sites for hydroxylation is 2. The van der Waals surface area contributed by atoms with Crippen molar-refractivity contribution in [2.45, 2.75) is 13.8 Å². The summed E-state index contributed by atoms with van der Waals surface area (Å²) in [5.41, 5.74) is 4.91. The van der Waals surface area contributed by atoms with Crippen LogP contribution in [0.2, 0.25) is 0 Å². The van der Waals surface area contributed by atoms with E-state index in [0.717, 1.165) is 16.6 Å². The number of para-hydroxylation sites is 1. The van der Waals surface area contributed by atoms with Crippen LogP contribution in [0.4, 0.5) is 17.3 Å². The smallest absolute Gasteiger partial charge is 0.274 e. The number of aromatic nitrogens is 3. The number of nitrogens with zero attached hydrogens (tertiary/aromatic N) is 3. The van der Waals surface area contributed by atoms with Crippen LogP contribution in [0.3, 0.4) is 0 Å². The fourth-order valence-electron chi connectivity index (χ4n) is 2.89. The highest BCUT2D eigenvalue weighted by atomic mass is 16.1. The maximum absolute atomic E-state index is 12.7. The quantitative estimate of drug-likeness (QED) is 0.548. The molecule has 0 bridgehead atoms. The summed E-state index contributed by atoms with van der Waals surface area (Å²) in [6, 6.07) is 17.1. The van der Waals surface area contributed by atoms with Crippen molar-refractivity contribution in [3.63, 3.8) is 0 Å². The van der Waals surface area contributed by atoms with Gasteiger partial charge in [-0.25, -0.2) is 9.97 Å². The average Bonchev–Trinajstić information content (AvgIpc) is 2.71. The van der Waals surface area contributed by atoms with E-state index in [0.29, 0.717) is 11.6 Å². The Morgan fingerprint density at radius 3 is 2.61 bits per heavy atom. The molecule has 2 aromatic carbocycles. The molecule has 6 nitrogen and oxygen atoms in total. The van der Waals surface area contributed by atoms with Crippen LogP contribution in [-0.2, 0) is 0 Å². The molecule has 0 aliphatic heterocycles. The molecule has 0 aliphatic carbocycles. The van der Waals surface area contributed by atoms with Crippen LogP contribution in [-0.4, -0.2) is 20.9 Å². The highest BCUT2D eigenvalue weighted by Gasteiger charge is 2.12. The van der Waals surface area contributed by atoms with Crippen molar-refractivity contribution >= 4 is 34.1 Å². The summed E-state index contributed by atoms with van der Waals surface area (Å²) in [4.78, 5) is 25.6. The molecule has 1 amide bonds. The van der Waals surface area contributed by atoms with Crippen molar-refractivity contribution in [1.29, 1.82) is 0 Å². The molecule has 0 fully saturated rings. The molecule has 2 N–H and O–H groups in total. The summed E-state index contributed by atoms with van der Waals surface area (Å²) in [6.07, 6.45) is 3.26. The van der Waals surface area contributed by atoms with Gasteiger partial charge in [0.15, 0.2) is 0 Å². The van der Waals surface area contributed by atoms with E-state index < -0.39 is 0 Å². The van der Waals surface area contributed by atoms with E-state index in [-0.39, 0.29) is 11.6 Å². The van der Waals surface area contributed by atoms with E-state index in [1.54, 1.807) is 18.5 Å². The van der Waals surface area contributed by atoms with Crippen LogP contribution >= 0.6 is 0 Å². The highest BCUT2D eigenvalue weighted by Crippen LogP contribution is 2.21. The lowest BCUT2D eigenvalue weighted by Crippen LogP contribution is -2.15. The Labute approximate surface area is 162 Å². The monoisotopic (exact) mass is 369 g/mol. The van der Waals surface area contributed by atoms with E-state index in [1.807, 2.05) is 55.5 Å². The summed E-state index contributed by atoms with van der Waals surface area (Å²) in [5.74, 6) is 0.0515. The Bertz CT molecular complexity index is 1170. The molecule has 28 heavy (non-hydrogen) atoms. The molecule has 0 radical (unpaired) electrons. The largest absolute Gasteiger partial charge is 0.324 e. The minimum absolute atomic E-state index is 0.272. The third kappa shape index (κ3) is 3.66. The number of fused-ring (bicyclic) bond motifs is 1. The first-order chi connectivity index (χ1) is 13.6. The van der Waals surface area contributed by atoms with Crippen LogP contribution in [0.25, 0.3) is 10.9 Å². The first-order valence-electron chi connectivity index (χ1n) is 8.92. The van der Waals surface area contributed by atoms with Crippen LogP contribution in [0.15, 0.2) is 67.0 Å². The zero-order valence-electron chi connectivity index (χ0n) is 15.6. The van der Waals surface area contributed by atoms with Crippen LogP contribution in [0.5, 0.6) is 0 Å². The van der Waals surface area contributed by atoms with Gasteiger partial charge in [-0.1, -0.05) is 24.3 Å². The van der Waals surface area contributed by atoms with Crippen molar-refractivity contribution in [2.75, 3.05) is 10.6 Å². The highest BCUT2D eigenvalue weighted by molar-refractivity contribution is 6.07. The third-order valence-electron chi connectivity index (χ3n) is 4.53. The summed E-state index contributed by atoms with van der Waals surface area (Å²) >= 11 is 0. The number of carbonyl (C=O) groups is 1. The molecule has 0 saturated heterocycles. The number of hydrogen-bond acceptors (Lipinski definition) is 5. The van der Waals surface area contributed by atoms with E-state index in [9.17, 15) is 4.79 Å². The predicted molar refractivity (Wildman–Crippen MR) is 111 cm³/mol. The number of amides is 1. The van der Waals surface area contributed by atoms with Gasteiger partial charge in [-0.2, -0.15) is 0 Å². The lowest BCUT2D eigenvalue weighted by atomic mass is 10.1. The Kier molecular flexibility index (Phi) is 4.68. The Morgan fingerprint density at radius 2 is 1.75 bits per heavy atom. The molecule has 4 aromatic rings. The van der Waals surface area contributed by atoms with Crippen LogP contribution in [0.1, 0.15) is 21.6 Å². The second kappa shape index (κ2) is 7.44. The zero-order valence-corrected chi connectivity index (χ0v) is 15.6. The van der Waals surface area contributed by atoms with Gasteiger partial charge in [-0.3, -0.25) is 9.78 Å². The number of hydrogen-bond donors (Lipinski definition) is 2. The average molecular weight is 369 g/mol. The number of anilines is 3. The predicted octanol–water partition coefficient (Wildman–Crippen LogP) is 4.64. The van der Waals surface area contributed by atoms with Gasteiger partial charge in [0, 0.05) is 23.5 Å². The normalized spacial score (nSPS) is 10.6. The molecule has 6 heteroatoms. The third-order valence-corrected chi connectivity index (χ3v) is 4.53. The molecular formula is C22H19N5O. The molecule has 0 spiro atoms. The zero-order chi connectivity index (χ0) is 19.5. The van der Waals surface area contributed by atoms with Crippen LogP contribution < -0.4 is 10.6 Å². The topological polar surface area (TPSA) is 79.8 Å². The number of rotatable bonds is 4. The maximum Gasteiger partial charge on any atom is 0.274 e. The molecular weight excluding hydrogens is 350 g/mol. The van der Waals surface area contributed by atoms with Gasteiger partial charge in [0.05, 0.1) is 11.2 Å².